The first-order valence-electron chi connectivity index (χ1n) is 14.6. The molecule has 0 bridgehead atoms. The molecule has 0 aromatic heterocycles. The van der Waals surface area contributed by atoms with Crippen LogP contribution in [0.1, 0.15) is 83.4 Å². The number of methoxy groups -OCH3 is 1. The molecule has 0 heterocycles. The molecule has 2 unspecified atom stereocenters. The molecule has 0 radical (unpaired) electrons. The van der Waals surface area contributed by atoms with E-state index in [9.17, 15) is 19.5 Å². The fraction of sp³-hybridized carbons (Fsp3) is 0.531. The molecular formula is C32H47N3O6S. The summed E-state index contributed by atoms with van der Waals surface area (Å²) >= 11 is 4.35. The van der Waals surface area contributed by atoms with Crippen LogP contribution in [0.15, 0.2) is 42.5 Å². The first-order valence-corrected chi connectivity index (χ1v) is 15.2. The lowest BCUT2D eigenvalue weighted by Gasteiger charge is -2.34. The van der Waals surface area contributed by atoms with Gasteiger partial charge in [-0.05, 0) is 63.9 Å². The molecule has 2 aromatic rings. The first kappa shape index (κ1) is 34.8. The number of thiol groups is 1. The number of para-hydroxylation sites is 1. The van der Waals surface area contributed by atoms with E-state index in [1.54, 1.807) is 77.3 Å². The van der Waals surface area contributed by atoms with Crippen molar-refractivity contribution < 1.29 is 29.0 Å². The van der Waals surface area contributed by atoms with E-state index < -0.39 is 35.6 Å². The third-order valence-corrected chi connectivity index (χ3v) is 7.05. The monoisotopic (exact) mass is 601 g/mol. The number of ether oxygens (including phenoxy) is 2. The van der Waals surface area contributed by atoms with Gasteiger partial charge >= 0.3 is 6.09 Å². The molecule has 3 N–H and O–H groups in total. The van der Waals surface area contributed by atoms with Crippen molar-refractivity contribution in [2.45, 2.75) is 90.8 Å². The number of hydrogen-bond acceptors (Lipinski definition) is 7. The number of phenolic OH excluding ortho intramolecular Hbond substituents is 1. The number of benzene rings is 2. The Morgan fingerprint density at radius 2 is 1.64 bits per heavy atom. The Bertz CT molecular complexity index is 1170. The molecule has 42 heavy (non-hydrogen) atoms. The number of hydrogen-bond donors (Lipinski definition) is 4. The van der Waals surface area contributed by atoms with Gasteiger partial charge in [0.05, 0.1) is 7.11 Å². The number of amides is 3. The standard InChI is InChI=1S/C32H47N3O6S/c1-7-8-9-10-11-12-20-35(30(38)26(21-42)34-31(39)41-32(3,4)5)27(25-15-13-14-22(2)28(25)36)29(37)33-23-16-18-24(40-6)19-17-23/h13-19,26-27,36,42H,7-12,20-21H2,1-6H3,(H,33,37)(H,34,39). The summed E-state index contributed by atoms with van der Waals surface area (Å²) in [6.45, 7) is 9.31. The Labute approximate surface area is 255 Å². The molecule has 0 saturated heterocycles. The molecule has 10 heteroatoms. The number of nitrogens with zero attached hydrogens (tertiary/aromatic N) is 1. The summed E-state index contributed by atoms with van der Waals surface area (Å²) in [4.78, 5) is 42.2. The average Bonchev–Trinajstić information content (AvgIpc) is 2.94. The molecule has 0 saturated carbocycles. The number of aromatic hydroxyl groups is 1. The summed E-state index contributed by atoms with van der Waals surface area (Å²) in [5, 5.41) is 16.6. The lowest BCUT2D eigenvalue weighted by atomic mass is 9.98. The maximum Gasteiger partial charge on any atom is 0.408 e. The number of phenols is 1. The van der Waals surface area contributed by atoms with Crippen LogP contribution < -0.4 is 15.4 Å². The number of aryl methyl sites for hydroxylation is 1. The van der Waals surface area contributed by atoms with Crippen LogP contribution >= 0.6 is 12.6 Å². The van der Waals surface area contributed by atoms with E-state index >= 15 is 0 Å². The minimum atomic E-state index is -1.18. The predicted octanol–water partition coefficient (Wildman–Crippen LogP) is 6.40. The maximum absolute atomic E-state index is 14.1. The van der Waals surface area contributed by atoms with Crippen molar-refractivity contribution in [1.29, 1.82) is 0 Å². The Balaban J connectivity index is 2.50. The van der Waals surface area contributed by atoms with Crippen LogP contribution in [0.4, 0.5) is 10.5 Å². The number of anilines is 1. The predicted molar refractivity (Wildman–Crippen MR) is 169 cm³/mol. The van der Waals surface area contributed by atoms with Crippen molar-refractivity contribution in [3.63, 3.8) is 0 Å². The van der Waals surface area contributed by atoms with Crippen molar-refractivity contribution in [1.82, 2.24) is 10.2 Å². The Morgan fingerprint density at radius 3 is 2.24 bits per heavy atom. The Morgan fingerprint density at radius 1 is 1.00 bits per heavy atom. The summed E-state index contributed by atoms with van der Waals surface area (Å²) in [6.07, 6.45) is 5.08. The molecule has 0 fully saturated rings. The summed E-state index contributed by atoms with van der Waals surface area (Å²) in [5.41, 5.74) is 0.595. The molecule has 232 valence electrons. The van der Waals surface area contributed by atoms with Crippen LogP contribution in [0.3, 0.4) is 0 Å². The van der Waals surface area contributed by atoms with E-state index in [4.69, 9.17) is 9.47 Å². The minimum Gasteiger partial charge on any atom is -0.507 e. The average molecular weight is 602 g/mol. The van der Waals surface area contributed by atoms with E-state index in [0.717, 1.165) is 32.1 Å². The quantitative estimate of drug-likeness (QED) is 0.139. The van der Waals surface area contributed by atoms with Gasteiger partial charge in [-0.2, -0.15) is 12.6 Å². The van der Waals surface area contributed by atoms with Crippen molar-refractivity contribution in [2.24, 2.45) is 0 Å². The third-order valence-electron chi connectivity index (χ3n) is 6.69. The Kier molecular flexibility index (Phi) is 14.0. The molecule has 0 aliphatic carbocycles. The zero-order valence-corrected chi connectivity index (χ0v) is 26.6. The minimum absolute atomic E-state index is 0.0162. The van der Waals surface area contributed by atoms with Crippen LogP contribution in [0, 0.1) is 6.92 Å². The Hall–Kier alpha value is -3.40. The molecule has 0 aliphatic rings. The zero-order chi connectivity index (χ0) is 31.3. The molecule has 0 spiro atoms. The van der Waals surface area contributed by atoms with Crippen LogP contribution in [0.25, 0.3) is 0 Å². The van der Waals surface area contributed by atoms with Crippen molar-refractivity contribution in [3.05, 3.63) is 53.6 Å². The van der Waals surface area contributed by atoms with E-state index in [1.807, 2.05) is 0 Å². The van der Waals surface area contributed by atoms with Gasteiger partial charge in [-0.25, -0.2) is 4.79 Å². The normalized spacial score (nSPS) is 12.6. The summed E-state index contributed by atoms with van der Waals surface area (Å²) in [5.74, 6) is -0.463. The number of nitrogens with one attached hydrogen (secondary N) is 2. The second-order valence-corrected chi connectivity index (χ2v) is 11.7. The molecule has 0 aliphatic heterocycles. The molecule has 3 amide bonds. The fourth-order valence-electron chi connectivity index (χ4n) is 4.50. The smallest absolute Gasteiger partial charge is 0.408 e. The molecule has 9 nitrogen and oxygen atoms in total. The number of unbranched alkanes of at least 4 members (excludes halogenated alkanes) is 5. The zero-order valence-electron chi connectivity index (χ0n) is 25.7. The van der Waals surface area contributed by atoms with Gasteiger partial charge in [-0.1, -0.05) is 57.2 Å². The van der Waals surface area contributed by atoms with E-state index in [-0.39, 0.29) is 23.6 Å². The van der Waals surface area contributed by atoms with Gasteiger partial charge in [0.1, 0.15) is 29.2 Å². The molecule has 2 aromatic carbocycles. The summed E-state index contributed by atoms with van der Waals surface area (Å²) < 4.78 is 10.6. The lowest BCUT2D eigenvalue weighted by Crippen LogP contribution is -2.53. The van der Waals surface area contributed by atoms with E-state index in [1.165, 1.54) is 4.90 Å². The summed E-state index contributed by atoms with van der Waals surface area (Å²) in [6, 6.07) is 9.70. The fourth-order valence-corrected chi connectivity index (χ4v) is 4.75. The van der Waals surface area contributed by atoms with Crippen molar-refractivity contribution in [2.75, 3.05) is 24.7 Å². The van der Waals surface area contributed by atoms with Crippen LogP contribution in [0.5, 0.6) is 11.5 Å². The number of carbonyl (C=O) groups is 3. The molecule has 2 rings (SSSR count). The van der Waals surface area contributed by atoms with Crippen molar-refractivity contribution >= 4 is 36.2 Å². The second kappa shape index (κ2) is 16.9. The van der Waals surface area contributed by atoms with Crippen LogP contribution in [-0.4, -0.2) is 59.0 Å². The van der Waals surface area contributed by atoms with Gasteiger partial charge in [0, 0.05) is 23.5 Å². The van der Waals surface area contributed by atoms with Gasteiger partial charge in [-0.3, -0.25) is 9.59 Å². The highest BCUT2D eigenvalue weighted by Gasteiger charge is 2.37. The van der Waals surface area contributed by atoms with Crippen molar-refractivity contribution in [3.8, 4) is 11.5 Å². The second-order valence-electron chi connectivity index (χ2n) is 11.3. The number of rotatable bonds is 15. The van der Waals surface area contributed by atoms with Gasteiger partial charge in [0.25, 0.3) is 5.91 Å². The molecular weight excluding hydrogens is 554 g/mol. The van der Waals surface area contributed by atoms with Gasteiger partial charge in [-0.15, -0.1) is 0 Å². The number of carbonyl (C=O) groups excluding carboxylic acids is 3. The topological polar surface area (TPSA) is 117 Å². The first-order chi connectivity index (χ1) is 19.9. The lowest BCUT2D eigenvalue weighted by molar-refractivity contribution is -0.140. The van der Waals surface area contributed by atoms with Crippen LogP contribution in [0.2, 0.25) is 0 Å². The van der Waals surface area contributed by atoms with E-state index in [0.29, 0.717) is 23.4 Å². The third kappa shape index (κ3) is 10.8. The number of alkyl carbamates (subject to hydrolysis) is 1. The van der Waals surface area contributed by atoms with Gasteiger partial charge < -0.3 is 30.1 Å². The largest absolute Gasteiger partial charge is 0.507 e. The summed E-state index contributed by atoms with van der Waals surface area (Å²) in [7, 11) is 1.55. The van der Waals surface area contributed by atoms with E-state index in [2.05, 4.69) is 30.2 Å². The highest BCUT2D eigenvalue weighted by atomic mass is 32.1. The van der Waals surface area contributed by atoms with Gasteiger partial charge in [0.2, 0.25) is 5.91 Å². The highest BCUT2D eigenvalue weighted by Crippen LogP contribution is 2.33. The van der Waals surface area contributed by atoms with Gasteiger partial charge in [0.15, 0.2) is 0 Å². The van der Waals surface area contributed by atoms with Crippen LogP contribution in [-0.2, 0) is 14.3 Å². The highest BCUT2D eigenvalue weighted by molar-refractivity contribution is 7.80. The SMILES string of the molecule is CCCCCCCCN(C(=O)C(CS)NC(=O)OC(C)(C)C)C(C(=O)Nc1ccc(OC)cc1)c1cccc(C)c1O. The maximum atomic E-state index is 14.1. The molecule has 2 atom stereocenters.